The van der Waals surface area contributed by atoms with Gasteiger partial charge in [0.1, 0.15) is 6.61 Å². The van der Waals surface area contributed by atoms with Gasteiger partial charge in [0.15, 0.2) is 6.10 Å². The zero-order valence-corrected chi connectivity index (χ0v) is 22.4. The fourth-order valence-corrected chi connectivity index (χ4v) is 3.83. The smallest absolute Gasteiger partial charge is 0.306 e. The van der Waals surface area contributed by atoms with Crippen molar-refractivity contribution in [2.45, 2.75) is 148 Å². The molecule has 0 aromatic rings. The quantitative estimate of drug-likeness (QED) is 0.0815. The van der Waals surface area contributed by atoms with Crippen molar-refractivity contribution in [2.24, 2.45) is 0 Å². The summed E-state index contributed by atoms with van der Waals surface area (Å²) in [7, 11) is 0. The van der Waals surface area contributed by atoms with Crippen molar-refractivity contribution < 1.29 is 24.2 Å². The van der Waals surface area contributed by atoms with E-state index in [1.165, 1.54) is 70.6 Å². The molecule has 5 heteroatoms. The first-order chi connectivity index (χ1) is 16.6. The summed E-state index contributed by atoms with van der Waals surface area (Å²) in [4.78, 5) is 23.9. The highest BCUT2D eigenvalue weighted by atomic mass is 16.6. The molecule has 0 saturated heterocycles. The summed E-state index contributed by atoms with van der Waals surface area (Å²) in [5.74, 6) is -0.606. The molecule has 0 bridgehead atoms. The largest absolute Gasteiger partial charge is 0.462 e. The fourth-order valence-electron chi connectivity index (χ4n) is 3.83. The second-order valence-corrected chi connectivity index (χ2v) is 9.48. The van der Waals surface area contributed by atoms with Gasteiger partial charge in [0.25, 0.3) is 0 Å². The topological polar surface area (TPSA) is 72.8 Å². The van der Waals surface area contributed by atoms with Gasteiger partial charge in [-0.2, -0.15) is 0 Å². The molecule has 0 radical (unpaired) electrons. The van der Waals surface area contributed by atoms with E-state index in [2.05, 4.69) is 26.0 Å². The van der Waals surface area contributed by atoms with Crippen LogP contribution in [0.3, 0.4) is 0 Å². The normalized spacial score (nSPS) is 12.2. The van der Waals surface area contributed by atoms with Gasteiger partial charge in [-0.25, -0.2) is 0 Å². The van der Waals surface area contributed by atoms with Crippen LogP contribution in [0.25, 0.3) is 0 Å². The Balaban J connectivity index is 3.63. The minimum atomic E-state index is -0.765. The summed E-state index contributed by atoms with van der Waals surface area (Å²) in [6.45, 7) is 4.04. The number of unbranched alkanes of at least 4 members (excludes halogenated alkanes) is 15. The molecule has 0 saturated carbocycles. The first kappa shape index (κ1) is 32.6. The van der Waals surface area contributed by atoms with Gasteiger partial charge in [-0.3, -0.25) is 9.59 Å². The van der Waals surface area contributed by atoms with Crippen molar-refractivity contribution in [2.75, 3.05) is 13.2 Å². The molecule has 34 heavy (non-hydrogen) atoms. The van der Waals surface area contributed by atoms with E-state index < -0.39 is 6.10 Å². The molecular formula is C29H54O5. The minimum absolute atomic E-state index is 0.0652. The number of carbonyl (C=O) groups is 2. The number of carbonyl (C=O) groups excluding carboxylic acids is 2. The van der Waals surface area contributed by atoms with Crippen LogP contribution in [-0.2, 0) is 19.1 Å². The van der Waals surface area contributed by atoms with Gasteiger partial charge in [-0.15, -0.1) is 0 Å². The number of ether oxygens (including phenoxy) is 2. The Bertz CT molecular complexity index is 489. The maximum absolute atomic E-state index is 12.0. The SMILES string of the molecule is CCCC/C=C/CCCCCCCC(=O)O[C@@H](CO)COC(=O)CCCCCCCCCCC. The van der Waals surface area contributed by atoms with Gasteiger partial charge in [0.05, 0.1) is 6.61 Å². The van der Waals surface area contributed by atoms with E-state index in [9.17, 15) is 14.7 Å². The van der Waals surface area contributed by atoms with E-state index in [0.717, 1.165) is 44.9 Å². The molecule has 0 aliphatic carbocycles. The first-order valence-electron chi connectivity index (χ1n) is 14.2. The zero-order valence-electron chi connectivity index (χ0n) is 22.4. The van der Waals surface area contributed by atoms with E-state index in [4.69, 9.17) is 9.47 Å². The maximum atomic E-state index is 12.0. The molecule has 0 aliphatic rings. The van der Waals surface area contributed by atoms with Crippen molar-refractivity contribution in [3.63, 3.8) is 0 Å². The number of rotatable bonds is 25. The summed E-state index contributed by atoms with van der Waals surface area (Å²) in [6.07, 6.45) is 25.5. The van der Waals surface area contributed by atoms with Gasteiger partial charge in [0.2, 0.25) is 0 Å². The first-order valence-corrected chi connectivity index (χ1v) is 14.2. The minimum Gasteiger partial charge on any atom is -0.462 e. The molecule has 0 aromatic heterocycles. The van der Waals surface area contributed by atoms with Crippen LogP contribution in [0.4, 0.5) is 0 Å². The third-order valence-corrected chi connectivity index (χ3v) is 6.06. The standard InChI is InChI=1S/C29H54O5/c1-3-5-7-9-11-13-14-16-18-20-22-24-29(32)34-27(25-30)26-33-28(31)23-21-19-17-15-12-10-8-6-4-2/h9,11,27,30H,3-8,10,12-26H2,1-2H3/b11-9+/t27-/m0/s1. The van der Waals surface area contributed by atoms with Gasteiger partial charge in [-0.1, -0.05) is 109 Å². The Morgan fingerprint density at radius 1 is 0.647 bits per heavy atom. The van der Waals surface area contributed by atoms with E-state index in [0.29, 0.717) is 12.8 Å². The second-order valence-electron chi connectivity index (χ2n) is 9.48. The van der Waals surface area contributed by atoms with Crippen LogP contribution >= 0.6 is 0 Å². The average Bonchev–Trinajstić information content (AvgIpc) is 2.84. The molecule has 0 spiro atoms. The Kier molecular flexibility index (Phi) is 25.2. The zero-order chi connectivity index (χ0) is 25.1. The number of hydrogen-bond donors (Lipinski definition) is 1. The fraction of sp³-hybridized carbons (Fsp3) is 0.862. The predicted octanol–water partition coefficient (Wildman–Crippen LogP) is 7.83. The Morgan fingerprint density at radius 3 is 1.68 bits per heavy atom. The second kappa shape index (κ2) is 26.2. The van der Waals surface area contributed by atoms with E-state index >= 15 is 0 Å². The molecule has 0 unspecified atom stereocenters. The number of aliphatic hydroxyl groups excluding tert-OH is 1. The Labute approximate surface area is 210 Å². The van der Waals surface area contributed by atoms with Crippen LogP contribution in [0.5, 0.6) is 0 Å². The van der Waals surface area contributed by atoms with Crippen molar-refractivity contribution in [3.05, 3.63) is 12.2 Å². The van der Waals surface area contributed by atoms with Crippen LogP contribution in [0.15, 0.2) is 12.2 Å². The highest BCUT2D eigenvalue weighted by Gasteiger charge is 2.16. The molecule has 0 aromatic carbocycles. The summed E-state index contributed by atoms with van der Waals surface area (Å²) in [5.41, 5.74) is 0. The Morgan fingerprint density at radius 2 is 1.12 bits per heavy atom. The molecule has 5 nitrogen and oxygen atoms in total. The average molecular weight is 483 g/mol. The molecule has 0 aliphatic heterocycles. The number of hydrogen-bond acceptors (Lipinski definition) is 5. The molecule has 200 valence electrons. The van der Waals surface area contributed by atoms with Crippen LogP contribution in [0, 0.1) is 0 Å². The third kappa shape index (κ3) is 23.8. The van der Waals surface area contributed by atoms with Gasteiger partial charge in [-0.05, 0) is 32.1 Å². The lowest BCUT2D eigenvalue weighted by Crippen LogP contribution is -2.28. The monoisotopic (exact) mass is 482 g/mol. The molecule has 0 heterocycles. The highest BCUT2D eigenvalue weighted by molar-refractivity contribution is 5.70. The molecule has 0 rings (SSSR count). The van der Waals surface area contributed by atoms with Crippen molar-refractivity contribution in [1.29, 1.82) is 0 Å². The predicted molar refractivity (Wildman–Crippen MR) is 141 cm³/mol. The third-order valence-electron chi connectivity index (χ3n) is 6.06. The van der Waals surface area contributed by atoms with Gasteiger partial charge >= 0.3 is 11.9 Å². The molecule has 1 atom stereocenters. The molecular weight excluding hydrogens is 428 g/mol. The van der Waals surface area contributed by atoms with E-state index in [1.807, 2.05) is 0 Å². The van der Waals surface area contributed by atoms with Crippen LogP contribution in [0.1, 0.15) is 142 Å². The maximum Gasteiger partial charge on any atom is 0.306 e. The Hall–Kier alpha value is -1.36. The van der Waals surface area contributed by atoms with Crippen molar-refractivity contribution >= 4 is 11.9 Å². The summed E-state index contributed by atoms with van der Waals surface area (Å²) in [5, 5.41) is 9.42. The summed E-state index contributed by atoms with van der Waals surface area (Å²) >= 11 is 0. The molecule has 0 amide bonds. The van der Waals surface area contributed by atoms with Crippen molar-refractivity contribution in [3.8, 4) is 0 Å². The lowest BCUT2D eigenvalue weighted by molar-refractivity contribution is -0.161. The van der Waals surface area contributed by atoms with Crippen LogP contribution in [-0.4, -0.2) is 36.4 Å². The highest BCUT2D eigenvalue weighted by Crippen LogP contribution is 2.12. The molecule has 1 N–H and O–H groups in total. The van der Waals surface area contributed by atoms with E-state index in [1.54, 1.807) is 0 Å². The lowest BCUT2D eigenvalue weighted by Gasteiger charge is -2.15. The number of aliphatic hydroxyl groups is 1. The van der Waals surface area contributed by atoms with Crippen molar-refractivity contribution in [1.82, 2.24) is 0 Å². The van der Waals surface area contributed by atoms with Crippen LogP contribution in [0.2, 0.25) is 0 Å². The summed E-state index contributed by atoms with van der Waals surface area (Å²) in [6, 6.07) is 0. The number of esters is 2. The van der Waals surface area contributed by atoms with Gasteiger partial charge in [0, 0.05) is 12.8 Å². The number of allylic oxidation sites excluding steroid dienone is 2. The van der Waals surface area contributed by atoms with E-state index in [-0.39, 0.29) is 25.2 Å². The molecule has 0 fully saturated rings. The lowest BCUT2D eigenvalue weighted by atomic mass is 10.1. The van der Waals surface area contributed by atoms with Gasteiger partial charge < -0.3 is 14.6 Å². The summed E-state index contributed by atoms with van der Waals surface area (Å²) < 4.78 is 10.5. The van der Waals surface area contributed by atoms with Crippen LogP contribution < -0.4 is 0 Å².